The van der Waals surface area contributed by atoms with E-state index in [4.69, 9.17) is 5.11 Å². The summed E-state index contributed by atoms with van der Waals surface area (Å²) in [6.45, 7) is 2.18. The van der Waals surface area contributed by atoms with Crippen LogP contribution in [0.15, 0.2) is 11.8 Å². The van der Waals surface area contributed by atoms with Gasteiger partial charge >= 0.3 is 57.4 Å². The molecular formula is C18H33KO3. The molecule has 0 unspecified atom stereocenters. The molecule has 0 radical (unpaired) electrons. The van der Waals surface area contributed by atoms with Crippen LogP contribution in [0.1, 0.15) is 96.8 Å². The zero-order valence-electron chi connectivity index (χ0n) is 14.7. The minimum atomic E-state index is -0.690. The van der Waals surface area contributed by atoms with Gasteiger partial charge in [-0.15, -0.1) is 5.76 Å². The normalized spacial score (nSPS) is 11.2. The van der Waals surface area contributed by atoms with Gasteiger partial charge in [0.15, 0.2) is 0 Å². The third kappa shape index (κ3) is 20.6. The maximum absolute atomic E-state index is 11.6. The van der Waals surface area contributed by atoms with Crippen molar-refractivity contribution >= 4 is 5.97 Å². The van der Waals surface area contributed by atoms with Crippen LogP contribution in [0, 0.1) is 0 Å². The summed E-state index contributed by atoms with van der Waals surface area (Å²) in [7, 11) is 0. The van der Waals surface area contributed by atoms with Crippen molar-refractivity contribution in [2.45, 2.75) is 96.8 Å². The van der Waals surface area contributed by atoms with Crippen LogP contribution in [0.5, 0.6) is 0 Å². The van der Waals surface area contributed by atoms with E-state index in [1.165, 1.54) is 38.5 Å². The fourth-order valence-corrected chi connectivity index (χ4v) is 2.40. The van der Waals surface area contributed by atoms with Crippen molar-refractivity contribution in [3.63, 3.8) is 0 Å². The van der Waals surface area contributed by atoms with E-state index in [-0.39, 0.29) is 51.4 Å². The maximum Gasteiger partial charge on any atom is 1.00 e. The molecule has 0 bridgehead atoms. The Balaban J connectivity index is 0. The molecule has 0 saturated carbocycles. The van der Waals surface area contributed by atoms with E-state index in [1.807, 2.05) is 6.08 Å². The maximum atomic E-state index is 11.6. The summed E-state index contributed by atoms with van der Waals surface area (Å²) in [6, 6.07) is 0. The van der Waals surface area contributed by atoms with Gasteiger partial charge in [0.2, 0.25) is 0 Å². The number of rotatable bonds is 15. The molecule has 0 aliphatic carbocycles. The summed E-state index contributed by atoms with van der Waals surface area (Å²) in [5.41, 5.74) is 0. The molecule has 0 aliphatic heterocycles. The second-order valence-corrected chi connectivity index (χ2v) is 5.89. The van der Waals surface area contributed by atoms with Gasteiger partial charge in [0, 0.05) is 6.42 Å². The Morgan fingerprint density at radius 1 is 0.864 bits per heavy atom. The predicted octanol–water partition coefficient (Wildman–Crippen LogP) is 1.80. The largest absolute Gasteiger partial charge is 1.00 e. The number of hydrogen-bond acceptors (Lipinski definition) is 2. The molecule has 0 fully saturated rings. The number of carboxylic acid groups (broad SMARTS) is 1. The van der Waals surface area contributed by atoms with Crippen LogP contribution in [0.2, 0.25) is 0 Å². The van der Waals surface area contributed by atoms with Gasteiger partial charge in [-0.1, -0.05) is 70.8 Å². The molecular weight excluding hydrogens is 303 g/mol. The molecule has 0 aromatic heterocycles. The van der Waals surface area contributed by atoms with Gasteiger partial charge < -0.3 is 10.2 Å². The van der Waals surface area contributed by atoms with Crippen molar-refractivity contribution in [1.29, 1.82) is 0 Å². The van der Waals surface area contributed by atoms with Crippen LogP contribution in [-0.4, -0.2) is 11.1 Å². The van der Waals surface area contributed by atoms with Gasteiger partial charge in [0.1, 0.15) is 0 Å². The van der Waals surface area contributed by atoms with E-state index < -0.39 is 5.97 Å². The first-order valence-corrected chi connectivity index (χ1v) is 8.74. The molecule has 22 heavy (non-hydrogen) atoms. The fourth-order valence-electron chi connectivity index (χ4n) is 2.40. The topological polar surface area (TPSA) is 60.4 Å². The van der Waals surface area contributed by atoms with Crippen molar-refractivity contribution in [3.8, 4) is 0 Å². The van der Waals surface area contributed by atoms with E-state index in [1.54, 1.807) is 0 Å². The summed E-state index contributed by atoms with van der Waals surface area (Å²) < 4.78 is 0. The van der Waals surface area contributed by atoms with Crippen molar-refractivity contribution in [2.24, 2.45) is 0 Å². The molecule has 4 heteroatoms. The molecule has 3 nitrogen and oxygen atoms in total. The van der Waals surface area contributed by atoms with Crippen LogP contribution < -0.4 is 56.5 Å². The number of aliphatic carboxylic acids is 1. The van der Waals surface area contributed by atoms with E-state index in [2.05, 4.69) is 6.92 Å². The summed E-state index contributed by atoms with van der Waals surface area (Å²) in [5.74, 6) is -0.371. The van der Waals surface area contributed by atoms with E-state index >= 15 is 0 Å². The predicted molar refractivity (Wildman–Crippen MR) is 86.0 cm³/mol. The Labute approximate surface area is 179 Å². The molecule has 0 saturated heterocycles. The number of carboxylic acids is 1. The average molecular weight is 337 g/mol. The number of carbonyl (C=O) groups is 1. The summed E-state index contributed by atoms with van der Waals surface area (Å²) in [4.78, 5) is 10.3. The Morgan fingerprint density at radius 2 is 1.36 bits per heavy atom. The van der Waals surface area contributed by atoms with Gasteiger partial charge in [0.25, 0.3) is 0 Å². The minimum absolute atomic E-state index is 0. The zero-order chi connectivity index (χ0) is 15.8. The number of unbranched alkanes of at least 4 members (excludes halogenated alkanes) is 10. The van der Waals surface area contributed by atoms with Crippen LogP contribution >= 0.6 is 0 Å². The van der Waals surface area contributed by atoms with Gasteiger partial charge in [-0.3, -0.25) is 4.79 Å². The van der Waals surface area contributed by atoms with Crippen molar-refractivity contribution in [1.82, 2.24) is 0 Å². The number of allylic oxidation sites excluding steroid dienone is 2. The zero-order valence-corrected chi connectivity index (χ0v) is 17.9. The Morgan fingerprint density at radius 3 is 1.95 bits per heavy atom. The molecule has 0 heterocycles. The van der Waals surface area contributed by atoms with Gasteiger partial charge in [-0.25, -0.2) is 0 Å². The van der Waals surface area contributed by atoms with E-state index in [0.29, 0.717) is 12.2 Å². The quantitative estimate of drug-likeness (QED) is 0.282. The first kappa shape index (κ1) is 24.9. The van der Waals surface area contributed by atoms with Gasteiger partial charge in [0.05, 0.1) is 0 Å². The summed E-state index contributed by atoms with van der Waals surface area (Å²) >= 11 is 0. The van der Waals surface area contributed by atoms with Crippen molar-refractivity contribution < 1.29 is 66.4 Å². The first-order valence-electron chi connectivity index (χ1n) is 8.74. The molecule has 0 atom stereocenters. The van der Waals surface area contributed by atoms with Crippen molar-refractivity contribution in [3.05, 3.63) is 11.8 Å². The summed E-state index contributed by atoms with van der Waals surface area (Å²) in [5, 5.41) is 20.1. The standard InChI is InChI=1S/C18H34O3.K/c1-2-3-4-11-14-17(19)15-12-9-7-5-6-8-10-13-16-18(20)21;/h15,19H,2-14,16H2,1H3,(H,20,21);/q;+1/p-1/b17-15-;. The number of hydrogen-bond donors (Lipinski definition) is 1. The Hall–Kier alpha value is 0.646. The second-order valence-electron chi connectivity index (χ2n) is 5.89. The third-order valence-corrected chi connectivity index (χ3v) is 3.74. The third-order valence-electron chi connectivity index (χ3n) is 3.74. The van der Waals surface area contributed by atoms with Gasteiger partial charge in [-0.05, 0) is 25.7 Å². The first-order chi connectivity index (χ1) is 10.2. The van der Waals surface area contributed by atoms with E-state index in [9.17, 15) is 9.90 Å². The summed E-state index contributed by atoms with van der Waals surface area (Å²) in [6.07, 6.45) is 16.1. The van der Waals surface area contributed by atoms with Crippen molar-refractivity contribution in [2.75, 3.05) is 0 Å². The Bertz CT molecular complexity index is 278. The second kappa shape index (κ2) is 19.7. The molecule has 1 N–H and O–H groups in total. The average Bonchev–Trinajstić information content (AvgIpc) is 2.45. The Kier molecular flexibility index (Phi) is 22.3. The SMILES string of the molecule is CCCCCC/C([O-])=C/CCCCCCCCCC(=O)O.[K+]. The van der Waals surface area contributed by atoms with Crippen LogP contribution in [0.4, 0.5) is 0 Å². The van der Waals surface area contributed by atoms with E-state index in [0.717, 1.165) is 44.9 Å². The molecule has 0 rings (SSSR count). The van der Waals surface area contributed by atoms with Crippen LogP contribution in [0.25, 0.3) is 0 Å². The molecule has 0 aromatic rings. The fraction of sp³-hybridized carbons (Fsp3) is 0.833. The van der Waals surface area contributed by atoms with Crippen LogP contribution in [-0.2, 0) is 4.79 Å². The molecule has 124 valence electrons. The molecule has 0 spiro atoms. The molecule has 0 aliphatic rings. The molecule has 0 amide bonds. The van der Waals surface area contributed by atoms with Crippen LogP contribution in [0.3, 0.4) is 0 Å². The van der Waals surface area contributed by atoms with Gasteiger partial charge in [-0.2, -0.15) is 0 Å². The monoisotopic (exact) mass is 336 g/mol. The minimum Gasteiger partial charge on any atom is -0.876 e. The smallest absolute Gasteiger partial charge is 0.876 e. The molecule has 0 aromatic carbocycles.